The first kappa shape index (κ1) is 24.9. The van der Waals surface area contributed by atoms with E-state index in [1.807, 2.05) is 0 Å². The highest BCUT2D eigenvalue weighted by atomic mass is 19.1. The first-order valence-electron chi connectivity index (χ1n) is 8.49. The van der Waals surface area contributed by atoms with E-state index in [0.717, 1.165) is 0 Å². The lowest BCUT2D eigenvalue weighted by Gasteiger charge is -2.03. The summed E-state index contributed by atoms with van der Waals surface area (Å²) in [6, 6.07) is 1.73. The highest BCUT2D eigenvalue weighted by Crippen LogP contribution is 2.34. The van der Waals surface area contributed by atoms with Gasteiger partial charge in [0.15, 0.2) is 0 Å². The standard InChI is InChI=1S/C18H8F2N4O10/c19-11-7-17(15(23(29)30)9-13(11)21(25)26)33-5-3-1-2-4-6-34-18-8-12(20)14(22(27)28)10-16(18)24(31)32/h7-10H,5-6H2. The molecule has 34 heavy (non-hydrogen) atoms. The molecule has 0 amide bonds. The van der Waals surface area contributed by atoms with Gasteiger partial charge < -0.3 is 9.47 Å². The summed E-state index contributed by atoms with van der Waals surface area (Å²) in [4.78, 5) is 39.0. The molecular formula is C18H8F2N4O10. The van der Waals surface area contributed by atoms with Crippen LogP contribution in [-0.4, -0.2) is 32.9 Å². The predicted molar refractivity (Wildman–Crippen MR) is 106 cm³/mol. The van der Waals surface area contributed by atoms with Crippen molar-refractivity contribution < 1.29 is 37.9 Å². The van der Waals surface area contributed by atoms with E-state index in [-0.39, 0.29) is 0 Å². The molecule has 0 spiro atoms. The molecule has 2 aromatic carbocycles. The zero-order valence-corrected chi connectivity index (χ0v) is 16.4. The van der Waals surface area contributed by atoms with Crippen molar-refractivity contribution in [3.8, 4) is 35.2 Å². The first-order valence-corrected chi connectivity index (χ1v) is 8.49. The Labute approximate surface area is 186 Å². The highest BCUT2D eigenvalue weighted by Gasteiger charge is 2.26. The van der Waals surface area contributed by atoms with E-state index < -0.39 is 78.8 Å². The molecule has 14 nitrogen and oxygen atoms in total. The minimum atomic E-state index is -1.35. The van der Waals surface area contributed by atoms with Gasteiger partial charge in [0.1, 0.15) is 25.3 Å². The van der Waals surface area contributed by atoms with Crippen LogP contribution in [0.1, 0.15) is 0 Å². The normalized spacial score (nSPS) is 9.59. The summed E-state index contributed by atoms with van der Waals surface area (Å²) in [6.07, 6.45) is 0. The van der Waals surface area contributed by atoms with Gasteiger partial charge in [-0.1, -0.05) is 0 Å². The quantitative estimate of drug-likeness (QED) is 0.309. The average Bonchev–Trinajstić information content (AvgIpc) is 2.74. The molecule has 174 valence electrons. The summed E-state index contributed by atoms with van der Waals surface area (Å²) >= 11 is 0. The molecule has 2 rings (SSSR count). The maximum absolute atomic E-state index is 13.6. The van der Waals surface area contributed by atoms with Crippen molar-refractivity contribution in [3.63, 3.8) is 0 Å². The molecule has 0 saturated heterocycles. The van der Waals surface area contributed by atoms with Crippen molar-refractivity contribution in [1.82, 2.24) is 0 Å². The zero-order valence-electron chi connectivity index (χ0n) is 16.4. The molecule has 0 atom stereocenters. The van der Waals surface area contributed by atoms with Crippen molar-refractivity contribution in [3.05, 3.63) is 76.4 Å². The Morgan fingerprint density at radius 2 is 0.941 bits per heavy atom. The first-order chi connectivity index (χ1) is 16.0. The number of benzene rings is 2. The van der Waals surface area contributed by atoms with Gasteiger partial charge in [0.05, 0.1) is 19.7 Å². The summed E-state index contributed by atoms with van der Waals surface area (Å²) in [5.41, 5.74) is -3.93. The second kappa shape index (κ2) is 10.8. The molecular weight excluding hydrogens is 470 g/mol. The molecule has 0 aliphatic carbocycles. The largest absolute Gasteiger partial charge is 0.474 e. The molecule has 2 aromatic rings. The third kappa shape index (κ3) is 6.08. The Morgan fingerprint density at radius 3 is 1.24 bits per heavy atom. The van der Waals surface area contributed by atoms with Crippen LogP contribution >= 0.6 is 0 Å². The number of hydrogen-bond acceptors (Lipinski definition) is 10. The molecule has 0 aliphatic heterocycles. The number of hydrogen-bond donors (Lipinski definition) is 0. The Balaban J connectivity index is 2.03. The van der Waals surface area contributed by atoms with E-state index in [1.165, 1.54) is 0 Å². The second-order valence-corrected chi connectivity index (χ2v) is 5.75. The number of nitrogens with zero attached hydrogens (tertiary/aromatic N) is 4. The Bertz CT molecular complexity index is 1220. The Hall–Kier alpha value is -5.38. The van der Waals surface area contributed by atoms with Crippen LogP contribution in [0.4, 0.5) is 31.5 Å². The minimum absolute atomic E-state index is 0.398. The number of halogens is 2. The fraction of sp³-hybridized carbons (Fsp3) is 0.111. The molecule has 0 N–H and O–H groups in total. The molecule has 0 aromatic heterocycles. The highest BCUT2D eigenvalue weighted by molar-refractivity contribution is 5.55. The SMILES string of the molecule is O=[N+]([O-])c1cc([N+](=O)[O-])c(OCC#CC#CCOc2cc(F)c([N+](=O)[O-])cc2[N+](=O)[O-])cc1F. The van der Waals surface area contributed by atoms with E-state index in [9.17, 15) is 49.2 Å². The summed E-state index contributed by atoms with van der Waals surface area (Å²) in [6.45, 7) is -1.04. The molecule has 0 fully saturated rings. The van der Waals surface area contributed by atoms with Gasteiger partial charge in [0.25, 0.3) is 0 Å². The smallest absolute Gasteiger partial charge is 0.318 e. The van der Waals surface area contributed by atoms with Crippen LogP contribution in [0.15, 0.2) is 24.3 Å². The van der Waals surface area contributed by atoms with Crippen LogP contribution in [0.3, 0.4) is 0 Å². The van der Waals surface area contributed by atoms with Gasteiger partial charge in [-0.05, 0) is 23.7 Å². The average molecular weight is 478 g/mol. The third-order valence-corrected chi connectivity index (χ3v) is 3.68. The van der Waals surface area contributed by atoms with Crippen molar-refractivity contribution in [2.45, 2.75) is 0 Å². The zero-order chi connectivity index (χ0) is 25.4. The van der Waals surface area contributed by atoms with Gasteiger partial charge in [0.2, 0.25) is 23.1 Å². The van der Waals surface area contributed by atoms with E-state index in [4.69, 9.17) is 9.47 Å². The molecule has 0 aliphatic rings. The number of ether oxygens (including phenoxy) is 2. The van der Waals surface area contributed by atoms with Crippen LogP contribution in [0.25, 0.3) is 0 Å². The molecule has 16 heteroatoms. The number of nitro groups is 4. The van der Waals surface area contributed by atoms with Gasteiger partial charge in [-0.15, -0.1) is 0 Å². The molecule has 0 heterocycles. The van der Waals surface area contributed by atoms with Gasteiger partial charge in [0, 0.05) is 12.1 Å². The van der Waals surface area contributed by atoms with Crippen LogP contribution < -0.4 is 9.47 Å². The van der Waals surface area contributed by atoms with Gasteiger partial charge in [-0.25, -0.2) is 0 Å². The fourth-order valence-electron chi connectivity index (χ4n) is 2.25. The predicted octanol–water partition coefficient (Wildman–Crippen LogP) is 3.06. The van der Waals surface area contributed by atoms with Gasteiger partial charge in [-0.3, -0.25) is 40.5 Å². The Morgan fingerprint density at radius 1 is 0.618 bits per heavy atom. The van der Waals surface area contributed by atoms with Crippen molar-refractivity contribution in [2.24, 2.45) is 0 Å². The lowest BCUT2D eigenvalue weighted by atomic mass is 10.2. The maximum Gasteiger partial charge on any atom is 0.318 e. The van der Waals surface area contributed by atoms with E-state index >= 15 is 0 Å². The maximum atomic E-state index is 13.6. The van der Waals surface area contributed by atoms with Crippen LogP contribution in [0, 0.1) is 75.8 Å². The van der Waals surface area contributed by atoms with Crippen LogP contribution in [-0.2, 0) is 0 Å². The summed E-state index contributed by atoms with van der Waals surface area (Å²) in [5, 5.41) is 43.3. The minimum Gasteiger partial charge on any atom is -0.474 e. The number of rotatable bonds is 8. The fourth-order valence-corrected chi connectivity index (χ4v) is 2.25. The molecule has 0 radical (unpaired) electrons. The summed E-state index contributed by atoms with van der Waals surface area (Å²) in [5.74, 6) is 5.11. The summed E-state index contributed by atoms with van der Waals surface area (Å²) in [7, 11) is 0. The third-order valence-electron chi connectivity index (χ3n) is 3.68. The van der Waals surface area contributed by atoms with E-state index in [1.54, 1.807) is 0 Å². The Kier molecular flexibility index (Phi) is 7.89. The van der Waals surface area contributed by atoms with Crippen molar-refractivity contribution >= 4 is 22.7 Å². The second-order valence-electron chi connectivity index (χ2n) is 5.75. The van der Waals surface area contributed by atoms with Crippen molar-refractivity contribution in [1.29, 1.82) is 0 Å². The summed E-state index contributed by atoms with van der Waals surface area (Å²) < 4.78 is 37.2. The van der Waals surface area contributed by atoms with Gasteiger partial charge in [-0.2, -0.15) is 8.78 Å². The lowest BCUT2D eigenvalue weighted by Crippen LogP contribution is -2.02. The van der Waals surface area contributed by atoms with Crippen LogP contribution in [0.5, 0.6) is 11.5 Å². The van der Waals surface area contributed by atoms with E-state index in [0.29, 0.717) is 24.3 Å². The number of nitro benzene ring substituents is 4. The monoisotopic (exact) mass is 478 g/mol. The lowest BCUT2D eigenvalue weighted by molar-refractivity contribution is -0.396. The van der Waals surface area contributed by atoms with E-state index in [2.05, 4.69) is 23.7 Å². The van der Waals surface area contributed by atoms with Crippen LogP contribution in [0.2, 0.25) is 0 Å². The van der Waals surface area contributed by atoms with Gasteiger partial charge >= 0.3 is 22.7 Å². The molecule has 0 bridgehead atoms. The molecule has 0 unspecified atom stereocenters. The van der Waals surface area contributed by atoms with Crippen molar-refractivity contribution in [2.75, 3.05) is 13.2 Å². The molecule has 0 saturated carbocycles. The topological polar surface area (TPSA) is 191 Å².